The van der Waals surface area contributed by atoms with Gasteiger partial charge in [0, 0.05) is 36.8 Å². The quantitative estimate of drug-likeness (QED) is 0.915. The topological polar surface area (TPSA) is 24.5 Å². The van der Waals surface area contributed by atoms with Crippen LogP contribution >= 0.6 is 0 Å². The molecule has 3 heteroatoms. The lowest BCUT2D eigenvalue weighted by molar-refractivity contribution is 0.0850. The lowest BCUT2D eigenvalue weighted by Gasteiger charge is -2.44. The van der Waals surface area contributed by atoms with Gasteiger partial charge >= 0.3 is 0 Å². The fourth-order valence-corrected chi connectivity index (χ4v) is 3.05. The minimum atomic E-state index is 0.183. The van der Waals surface area contributed by atoms with Crippen molar-refractivity contribution < 1.29 is 4.74 Å². The maximum Gasteiger partial charge on any atom is 0.123 e. The van der Waals surface area contributed by atoms with Crippen molar-refractivity contribution in [1.29, 1.82) is 0 Å². The average molecular weight is 276 g/mol. The number of piperazine rings is 1. The van der Waals surface area contributed by atoms with Gasteiger partial charge in [0.15, 0.2) is 0 Å². The molecule has 0 bridgehead atoms. The Balaban J connectivity index is 2.20. The monoisotopic (exact) mass is 276 g/mol. The predicted molar refractivity (Wildman–Crippen MR) is 84.3 cm³/mol. The lowest BCUT2D eigenvalue weighted by atomic mass is 9.96. The smallest absolute Gasteiger partial charge is 0.123 e. The molecule has 2 rings (SSSR count). The van der Waals surface area contributed by atoms with E-state index in [1.165, 1.54) is 17.5 Å². The number of hydrogen-bond donors (Lipinski definition) is 1. The van der Waals surface area contributed by atoms with E-state index in [1.807, 2.05) is 0 Å². The van der Waals surface area contributed by atoms with Crippen LogP contribution in [0.2, 0.25) is 0 Å². The fourth-order valence-electron chi connectivity index (χ4n) is 3.05. The molecule has 1 aliphatic rings. The molecule has 1 aliphatic heterocycles. The molecule has 0 aromatic heterocycles. The molecule has 0 radical (unpaired) electrons. The van der Waals surface area contributed by atoms with E-state index in [9.17, 15) is 0 Å². The molecule has 1 atom stereocenters. The number of nitrogens with one attached hydrogen (secondary N) is 1. The highest BCUT2D eigenvalue weighted by molar-refractivity contribution is 5.36. The highest BCUT2D eigenvalue weighted by Crippen LogP contribution is 2.25. The molecule has 1 heterocycles. The molecule has 0 saturated carbocycles. The first-order valence-corrected chi connectivity index (χ1v) is 7.58. The molecule has 1 unspecified atom stereocenters. The fraction of sp³-hybridized carbons (Fsp3) is 0.647. The van der Waals surface area contributed by atoms with E-state index in [0.29, 0.717) is 6.04 Å². The molecule has 1 aromatic rings. The Bertz CT molecular complexity index is 456. The molecular formula is C17H28N2O. The second kappa shape index (κ2) is 6.15. The normalized spacial score (nSPS) is 22.8. The highest BCUT2D eigenvalue weighted by atomic mass is 16.5. The summed E-state index contributed by atoms with van der Waals surface area (Å²) in [4.78, 5) is 2.59. The van der Waals surface area contributed by atoms with E-state index in [1.54, 1.807) is 7.11 Å². The molecular weight excluding hydrogens is 248 g/mol. The summed E-state index contributed by atoms with van der Waals surface area (Å²) in [5, 5.41) is 3.64. The third-order valence-corrected chi connectivity index (χ3v) is 4.21. The van der Waals surface area contributed by atoms with Gasteiger partial charge < -0.3 is 10.1 Å². The van der Waals surface area contributed by atoms with E-state index in [4.69, 9.17) is 4.74 Å². The highest BCUT2D eigenvalue weighted by Gasteiger charge is 2.31. The van der Waals surface area contributed by atoms with Crippen molar-refractivity contribution in [2.45, 2.75) is 52.2 Å². The second-order valence-electron chi connectivity index (χ2n) is 6.55. The maximum absolute atomic E-state index is 5.52. The third kappa shape index (κ3) is 3.53. The van der Waals surface area contributed by atoms with E-state index in [0.717, 1.165) is 25.4 Å². The summed E-state index contributed by atoms with van der Waals surface area (Å²) >= 11 is 0. The molecule has 112 valence electrons. The zero-order valence-electron chi connectivity index (χ0n) is 13.5. The predicted octanol–water partition coefficient (Wildman–Crippen LogP) is 2.97. The van der Waals surface area contributed by atoms with Crippen molar-refractivity contribution in [3.05, 3.63) is 29.3 Å². The van der Waals surface area contributed by atoms with E-state index >= 15 is 0 Å². The van der Waals surface area contributed by atoms with Crippen LogP contribution in [0.3, 0.4) is 0 Å². The van der Waals surface area contributed by atoms with Crippen molar-refractivity contribution >= 4 is 0 Å². The first kappa shape index (κ1) is 15.3. The Kier molecular flexibility index (Phi) is 4.71. The molecule has 1 aromatic carbocycles. The van der Waals surface area contributed by atoms with E-state index < -0.39 is 0 Å². The molecule has 1 fully saturated rings. The van der Waals surface area contributed by atoms with Crippen LogP contribution in [0.15, 0.2) is 18.2 Å². The van der Waals surface area contributed by atoms with Crippen LogP contribution in [0.25, 0.3) is 0 Å². The molecule has 20 heavy (non-hydrogen) atoms. The number of hydrogen-bond acceptors (Lipinski definition) is 3. The third-order valence-electron chi connectivity index (χ3n) is 4.21. The summed E-state index contributed by atoms with van der Waals surface area (Å²) in [5.41, 5.74) is 2.77. The largest absolute Gasteiger partial charge is 0.496 e. The van der Waals surface area contributed by atoms with Gasteiger partial charge in [-0.2, -0.15) is 0 Å². The minimum Gasteiger partial charge on any atom is -0.496 e. The van der Waals surface area contributed by atoms with Gasteiger partial charge in [-0.3, -0.25) is 4.90 Å². The van der Waals surface area contributed by atoms with E-state index in [2.05, 4.69) is 56.1 Å². The number of methoxy groups -OCH3 is 1. The standard InChI is InChI=1S/C17H28N2O/c1-6-15-10-18-17(3,4)12-19(15)11-14-9-13(2)7-8-16(14)20-5/h7-9,15,18H,6,10-12H2,1-5H3. The van der Waals surface area contributed by atoms with Crippen molar-refractivity contribution in [3.63, 3.8) is 0 Å². The summed E-state index contributed by atoms with van der Waals surface area (Å²) in [5.74, 6) is 1.00. The van der Waals surface area contributed by atoms with Crippen LogP contribution in [-0.2, 0) is 6.54 Å². The van der Waals surface area contributed by atoms with Crippen molar-refractivity contribution in [1.82, 2.24) is 10.2 Å². The van der Waals surface area contributed by atoms with Crippen LogP contribution in [0.5, 0.6) is 5.75 Å². The molecule has 1 saturated heterocycles. The Labute approximate surface area is 123 Å². The van der Waals surface area contributed by atoms with Gasteiger partial charge in [0.1, 0.15) is 5.75 Å². The number of nitrogens with zero attached hydrogens (tertiary/aromatic N) is 1. The van der Waals surface area contributed by atoms with Crippen LogP contribution < -0.4 is 10.1 Å². The average Bonchev–Trinajstić information content (AvgIpc) is 2.38. The van der Waals surface area contributed by atoms with Crippen molar-refractivity contribution in [2.75, 3.05) is 20.2 Å². The Morgan fingerprint density at radius 3 is 2.80 bits per heavy atom. The zero-order chi connectivity index (χ0) is 14.8. The first-order chi connectivity index (χ1) is 9.45. The van der Waals surface area contributed by atoms with Gasteiger partial charge in [-0.1, -0.05) is 24.6 Å². The molecule has 0 aliphatic carbocycles. The summed E-state index contributed by atoms with van der Waals surface area (Å²) < 4.78 is 5.52. The summed E-state index contributed by atoms with van der Waals surface area (Å²) in [6.07, 6.45) is 1.18. The van der Waals surface area contributed by atoms with Crippen molar-refractivity contribution in [3.8, 4) is 5.75 Å². The van der Waals surface area contributed by atoms with Crippen LogP contribution in [0, 0.1) is 6.92 Å². The van der Waals surface area contributed by atoms with Gasteiger partial charge in [-0.25, -0.2) is 0 Å². The number of rotatable bonds is 4. The summed E-state index contributed by atoms with van der Waals surface area (Å²) in [7, 11) is 1.76. The van der Waals surface area contributed by atoms with Gasteiger partial charge in [0.2, 0.25) is 0 Å². The Hall–Kier alpha value is -1.06. The van der Waals surface area contributed by atoms with Gasteiger partial charge in [0.05, 0.1) is 7.11 Å². The SMILES string of the molecule is CCC1CNC(C)(C)CN1Cc1cc(C)ccc1OC. The Morgan fingerprint density at radius 1 is 1.40 bits per heavy atom. The molecule has 1 N–H and O–H groups in total. The second-order valence-corrected chi connectivity index (χ2v) is 6.55. The number of benzene rings is 1. The number of ether oxygens (including phenoxy) is 1. The lowest BCUT2D eigenvalue weighted by Crippen LogP contribution is -2.61. The van der Waals surface area contributed by atoms with Crippen LogP contribution in [0.4, 0.5) is 0 Å². The molecule has 3 nitrogen and oxygen atoms in total. The van der Waals surface area contributed by atoms with Crippen molar-refractivity contribution in [2.24, 2.45) is 0 Å². The van der Waals surface area contributed by atoms with Gasteiger partial charge in [-0.05, 0) is 33.3 Å². The number of aryl methyl sites for hydroxylation is 1. The minimum absolute atomic E-state index is 0.183. The van der Waals surface area contributed by atoms with Crippen LogP contribution in [-0.4, -0.2) is 36.7 Å². The summed E-state index contributed by atoms with van der Waals surface area (Å²) in [6.45, 7) is 12.1. The van der Waals surface area contributed by atoms with Gasteiger partial charge in [-0.15, -0.1) is 0 Å². The maximum atomic E-state index is 5.52. The summed E-state index contributed by atoms with van der Waals surface area (Å²) in [6, 6.07) is 7.05. The van der Waals surface area contributed by atoms with E-state index in [-0.39, 0.29) is 5.54 Å². The Morgan fingerprint density at radius 2 is 2.15 bits per heavy atom. The van der Waals surface area contributed by atoms with Crippen LogP contribution in [0.1, 0.15) is 38.3 Å². The molecule has 0 amide bonds. The zero-order valence-corrected chi connectivity index (χ0v) is 13.5. The molecule has 0 spiro atoms. The first-order valence-electron chi connectivity index (χ1n) is 7.58. The van der Waals surface area contributed by atoms with Gasteiger partial charge in [0.25, 0.3) is 0 Å².